The first-order valence-corrected chi connectivity index (χ1v) is 6.68. The van der Waals surface area contributed by atoms with E-state index in [1.165, 1.54) is 30.3 Å². The zero-order valence-electron chi connectivity index (χ0n) is 9.31. The van der Waals surface area contributed by atoms with Crippen LogP contribution in [0.25, 0.3) is 0 Å². The first kappa shape index (κ1) is 13.7. The van der Waals surface area contributed by atoms with E-state index in [4.69, 9.17) is 5.11 Å². The van der Waals surface area contributed by atoms with E-state index in [2.05, 4.69) is 21.2 Å². The van der Waals surface area contributed by atoms with E-state index < -0.39 is 17.7 Å². The second-order valence-electron chi connectivity index (χ2n) is 3.55. The lowest BCUT2D eigenvalue weighted by Crippen LogP contribution is -2.10. The van der Waals surface area contributed by atoms with Gasteiger partial charge < -0.3 is 10.4 Å². The van der Waals surface area contributed by atoms with Crippen molar-refractivity contribution in [3.63, 3.8) is 0 Å². The van der Waals surface area contributed by atoms with Crippen LogP contribution in [0.2, 0.25) is 0 Å². The molecule has 0 spiro atoms. The summed E-state index contributed by atoms with van der Waals surface area (Å²) in [5.41, 5.74) is 0.414. The van der Waals surface area contributed by atoms with Gasteiger partial charge in [0.1, 0.15) is 10.7 Å². The van der Waals surface area contributed by atoms with Gasteiger partial charge in [0.15, 0.2) is 0 Å². The summed E-state index contributed by atoms with van der Waals surface area (Å²) in [6.07, 6.45) is 0. The highest BCUT2D eigenvalue weighted by atomic mass is 79.9. The molecule has 2 aromatic rings. The highest BCUT2D eigenvalue weighted by molar-refractivity contribution is 9.10. The van der Waals surface area contributed by atoms with Crippen LogP contribution in [0.15, 0.2) is 34.8 Å². The third-order valence-electron chi connectivity index (χ3n) is 2.22. The van der Waals surface area contributed by atoms with Gasteiger partial charge in [-0.1, -0.05) is 0 Å². The van der Waals surface area contributed by atoms with Gasteiger partial charge in [0.25, 0.3) is 5.91 Å². The molecule has 19 heavy (non-hydrogen) atoms. The number of carboxylic acids is 1. The molecular weight excluding hydrogens is 337 g/mol. The van der Waals surface area contributed by atoms with Gasteiger partial charge in [0, 0.05) is 4.47 Å². The first-order chi connectivity index (χ1) is 8.97. The summed E-state index contributed by atoms with van der Waals surface area (Å²) in [5.74, 6) is -1.94. The van der Waals surface area contributed by atoms with E-state index in [-0.39, 0.29) is 9.75 Å². The summed E-state index contributed by atoms with van der Waals surface area (Å²) >= 11 is 4.01. The number of aromatic carboxylic acids is 1. The van der Waals surface area contributed by atoms with Crippen LogP contribution in [0, 0.1) is 5.82 Å². The molecule has 0 unspecified atom stereocenters. The molecule has 1 heterocycles. The molecule has 0 saturated carbocycles. The minimum Gasteiger partial charge on any atom is -0.477 e. The summed E-state index contributed by atoms with van der Waals surface area (Å²) in [4.78, 5) is 23.0. The number of hydrogen-bond acceptors (Lipinski definition) is 3. The van der Waals surface area contributed by atoms with Gasteiger partial charge in [0.05, 0.1) is 10.6 Å². The third kappa shape index (κ3) is 3.18. The SMILES string of the molecule is O=C(O)c1ccc(C(=O)Nc2ccc(F)cc2Br)s1. The van der Waals surface area contributed by atoms with Crippen molar-refractivity contribution in [1.82, 2.24) is 0 Å². The van der Waals surface area contributed by atoms with Crippen molar-refractivity contribution in [1.29, 1.82) is 0 Å². The van der Waals surface area contributed by atoms with Crippen LogP contribution in [0.4, 0.5) is 10.1 Å². The van der Waals surface area contributed by atoms with Gasteiger partial charge >= 0.3 is 5.97 Å². The molecule has 2 rings (SSSR count). The minimum absolute atomic E-state index is 0.0864. The molecule has 0 bridgehead atoms. The number of carbonyl (C=O) groups excluding carboxylic acids is 1. The smallest absolute Gasteiger partial charge is 0.345 e. The van der Waals surface area contributed by atoms with Crippen molar-refractivity contribution in [3.05, 3.63) is 50.4 Å². The monoisotopic (exact) mass is 343 g/mol. The maximum absolute atomic E-state index is 12.9. The Labute approximate surface area is 120 Å². The highest BCUT2D eigenvalue weighted by Crippen LogP contribution is 2.25. The van der Waals surface area contributed by atoms with E-state index in [9.17, 15) is 14.0 Å². The fourth-order valence-electron chi connectivity index (χ4n) is 1.35. The Morgan fingerprint density at radius 2 is 1.89 bits per heavy atom. The Morgan fingerprint density at radius 1 is 1.21 bits per heavy atom. The number of nitrogens with one attached hydrogen (secondary N) is 1. The Bertz CT molecular complexity index is 656. The molecule has 1 amide bonds. The predicted octanol–water partition coefficient (Wildman–Crippen LogP) is 3.60. The van der Waals surface area contributed by atoms with Crippen molar-refractivity contribution in [2.45, 2.75) is 0 Å². The lowest BCUT2D eigenvalue weighted by molar-refractivity contribution is 0.0702. The maximum Gasteiger partial charge on any atom is 0.345 e. The number of carboxylic acid groups (broad SMARTS) is 1. The van der Waals surface area contributed by atoms with Crippen molar-refractivity contribution in [2.24, 2.45) is 0 Å². The summed E-state index contributed by atoms with van der Waals surface area (Å²) in [7, 11) is 0. The molecule has 0 atom stereocenters. The van der Waals surface area contributed by atoms with E-state index in [1.54, 1.807) is 0 Å². The average molecular weight is 344 g/mol. The highest BCUT2D eigenvalue weighted by Gasteiger charge is 2.14. The number of carbonyl (C=O) groups is 2. The van der Waals surface area contributed by atoms with Crippen LogP contribution in [0.1, 0.15) is 19.3 Å². The zero-order valence-corrected chi connectivity index (χ0v) is 11.7. The van der Waals surface area contributed by atoms with Crippen molar-refractivity contribution >= 4 is 44.8 Å². The van der Waals surface area contributed by atoms with E-state index in [1.807, 2.05) is 0 Å². The minimum atomic E-state index is -1.08. The molecule has 0 radical (unpaired) electrons. The first-order valence-electron chi connectivity index (χ1n) is 5.07. The summed E-state index contributed by atoms with van der Waals surface area (Å²) in [6, 6.07) is 6.66. The molecule has 4 nitrogen and oxygen atoms in total. The molecule has 1 aromatic heterocycles. The number of anilines is 1. The average Bonchev–Trinajstić information content (AvgIpc) is 2.82. The second-order valence-corrected chi connectivity index (χ2v) is 5.49. The normalized spacial score (nSPS) is 10.2. The maximum atomic E-state index is 12.9. The molecule has 98 valence electrons. The number of benzene rings is 1. The molecule has 1 aromatic carbocycles. The Kier molecular flexibility index (Phi) is 3.96. The lowest BCUT2D eigenvalue weighted by Gasteiger charge is -2.05. The predicted molar refractivity (Wildman–Crippen MR) is 73.3 cm³/mol. The summed E-state index contributed by atoms with van der Waals surface area (Å²) < 4.78 is 13.3. The molecule has 0 fully saturated rings. The van der Waals surface area contributed by atoms with Gasteiger partial charge in [-0.05, 0) is 46.3 Å². The Morgan fingerprint density at radius 3 is 2.47 bits per heavy atom. The number of rotatable bonds is 3. The Hall–Kier alpha value is -1.73. The van der Waals surface area contributed by atoms with Gasteiger partial charge in [-0.2, -0.15) is 0 Å². The molecule has 0 aliphatic heterocycles. The number of hydrogen-bond donors (Lipinski definition) is 2. The number of halogens is 2. The number of thiophene rings is 1. The van der Waals surface area contributed by atoms with Gasteiger partial charge in [0.2, 0.25) is 0 Å². The van der Waals surface area contributed by atoms with E-state index in [0.29, 0.717) is 10.2 Å². The van der Waals surface area contributed by atoms with Gasteiger partial charge in [-0.3, -0.25) is 4.79 Å². The van der Waals surface area contributed by atoms with E-state index >= 15 is 0 Å². The molecule has 2 N–H and O–H groups in total. The standard InChI is InChI=1S/C12H7BrFNO3S/c13-7-5-6(14)1-2-8(7)15-11(16)9-3-4-10(19-9)12(17)18/h1-5H,(H,15,16)(H,17,18). The molecule has 0 saturated heterocycles. The summed E-state index contributed by atoms with van der Waals surface area (Å²) in [5, 5.41) is 11.3. The Balaban J connectivity index is 2.18. The van der Waals surface area contributed by atoms with Crippen LogP contribution in [0.5, 0.6) is 0 Å². The summed E-state index contributed by atoms with van der Waals surface area (Å²) in [6.45, 7) is 0. The van der Waals surface area contributed by atoms with Gasteiger partial charge in [-0.15, -0.1) is 11.3 Å². The van der Waals surface area contributed by atoms with Gasteiger partial charge in [-0.25, -0.2) is 9.18 Å². The number of amides is 1. The lowest BCUT2D eigenvalue weighted by atomic mass is 10.3. The zero-order chi connectivity index (χ0) is 14.0. The molecule has 0 aliphatic rings. The largest absolute Gasteiger partial charge is 0.477 e. The van der Waals surface area contributed by atoms with Crippen LogP contribution in [0.3, 0.4) is 0 Å². The van der Waals surface area contributed by atoms with Crippen molar-refractivity contribution in [3.8, 4) is 0 Å². The topological polar surface area (TPSA) is 66.4 Å². The van der Waals surface area contributed by atoms with Crippen molar-refractivity contribution < 1.29 is 19.1 Å². The van der Waals surface area contributed by atoms with Crippen molar-refractivity contribution in [2.75, 3.05) is 5.32 Å². The molecule has 7 heteroatoms. The third-order valence-corrected chi connectivity index (χ3v) is 3.95. The van der Waals surface area contributed by atoms with Crippen LogP contribution in [-0.4, -0.2) is 17.0 Å². The van der Waals surface area contributed by atoms with Crippen LogP contribution in [-0.2, 0) is 0 Å². The quantitative estimate of drug-likeness (QED) is 0.894. The van der Waals surface area contributed by atoms with Crippen LogP contribution < -0.4 is 5.32 Å². The fourth-order valence-corrected chi connectivity index (χ4v) is 2.54. The van der Waals surface area contributed by atoms with E-state index in [0.717, 1.165) is 11.3 Å². The molecule has 0 aliphatic carbocycles. The second kappa shape index (κ2) is 5.50. The molecular formula is C12H7BrFNO3S. The van der Waals surface area contributed by atoms with Crippen LogP contribution >= 0.6 is 27.3 Å². The fraction of sp³-hybridized carbons (Fsp3) is 0.